The average Bonchev–Trinajstić information content (AvgIpc) is 2.37. The Morgan fingerprint density at radius 3 is 2.45 bits per heavy atom. The lowest BCUT2D eigenvalue weighted by Crippen LogP contribution is -2.10. The minimum atomic E-state index is -0.365. The van der Waals surface area contributed by atoms with Gasteiger partial charge in [-0.1, -0.05) is 30.4 Å². The van der Waals surface area contributed by atoms with Crippen molar-refractivity contribution in [1.29, 1.82) is 0 Å². The second kappa shape index (κ2) is 6.01. The molecule has 0 aliphatic rings. The lowest BCUT2D eigenvalue weighted by atomic mass is 10.1. The van der Waals surface area contributed by atoms with Gasteiger partial charge in [-0.05, 0) is 48.7 Å². The van der Waals surface area contributed by atoms with E-state index >= 15 is 0 Å². The van der Waals surface area contributed by atoms with E-state index in [1.165, 1.54) is 12.1 Å². The average molecular weight is 289 g/mol. The van der Waals surface area contributed by atoms with Crippen LogP contribution in [0.25, 0.3) is 0 Å². The van der Waals surface area contributed by atoms with Crippen molar-refractivity contribution in [1.82, 2.24) is 0 Å². The largest absolute Gasteiger partial charge is 0.488 e. The van der Waals surface area contributed by atoms with E-state index in [1.807, 2.05) is 32.0 Å². The maximum absolute atomic E-state index is 13.5. The standard InChI is InChI=1S/C16H16FNOS/c1-10-4-3-5-11(2)15(10)19-9-12-6-13(16(18)20)8-14(17)7-12/h3-8H,9H2,1-2H3,(H2,18,20). The van der Waals surface area contributed by atoms with Gasteiger partial charge in [0.05, 0.1) is 0 Å². The monoisotopic (exact) mass is 289 g/mol. The second-order valence-electron chi connectivity index (χ2n) is 4.72. The third kappa shape index (κ3) is 3.33. The number of ether oxygens (including phenoxy) is 1. The number of thiocarbonyl (C=S) groups is 1. The van der Waals surface area contributed by atoms with Crippen LogP contribution < -0.4 is 10.5 Å². The molecule has 0 aromatic heterocycles. The summed E-state index contributed by atoms with van der Waals surface area (Å²) in [5.41, 5.74) is 8.85. The highest BCUT2D eigenvalue weighted by Gasteiger charge is 2.06. The molecule has 4 heteroatoms. The molecular formula is C16H16FNOS. The van der Waals surface area contributed by atoms with Crippen LogP contribution in [0.15, 0.2) is 36.4 Å². The van der Waals surface area contributed by atoms with Gasteiger partial charge in [0.1, 0.15) is 23.2 Å². The highest BCUT2D eigenvalue weighted by molar-refractivity contribution is 7.80. The number of nitrogens with two attached hydrogens (primary N) is 1. The lowest BCUT2D eigenvalue weighted by molar-refractivity contribution is 0.301. The number of halogens is 1. The van der Waals surface area contributed by atoms with E-state index < -0.39 is 0 Å². The van der Waals surface area contributed by atoms with E-state index in [0.29, 0.717) is 11.1 Å². The molecule has 0 saturated heterocycles. The molecule has 0 amide bonds. The smallest absolute Gasteiger partial charge is 0.125 e. The zero-order valence-electron chi connectivity index (χ0n) is 11.4. The molecule has 104 valence electrons. The van der Waals surface area contributed by atoms with Crippen LogP contribution >= 0.6 is 12.2 Å². The van der Waals surface area contributed by atoms with Crippen LogP contribution in [0.1, 0.15) is 22.3 Å². The number of hydrogen-bond donors (Lipinski definition) is 1. The minimum absolute atomic E-state index is 0.179. The molecule has 20 heavy (non-hydrogen) atoms. The van der Waals surface area contributed by atoms with Crippen molar-refractivity contribution in [3.63, 3.8) is 0 Å². The summed E-state index contributed by atoms with van der Waals surface area (Å²) in [7, 11) is 0. The predicted octanol–water partition coefficient (Wildman–Crippen LogP) is 3.66. The predicted molar refractivity (Wildman–Crippen MR) is 82.5 cm³/mol. The third-order valence-corrected chi connectivity index (χ3v) is 3.27. The topological polar surface area (TPSA) is 35.2 Å². The van der Waals surface area contributed by atoms with Gasteiger partial charge in [0.2, 0.25) is 0 Å². The number of hydrogen-bond acceptors (Lipinski definition) is 2. The maximum atomic E-state index is 13.5. The summed E-state index contributed by atoms with van der Waals surface area (Å²) in [6.07, 6.45) is 0. The number of para-hydroxylation sites is 1. The van der Waals surface area contributed by atoms with Gasteiger partial charge in [-0.3, -0.25) is 0 Å². The number of rotatable bonds is 4. The van der Waals surface area contributed by atoms with Gasteiger partial charge in [-0.15, -0.1) is 0 Å². The van der Waals surface area contributed by atoms with Crippen molar-refractivity contribution in [2.45, 2.75) is 20.5 Å². The highest BCUT2D eigenvalue weighted by Crippen LogP contribution is 2.23. The Bertz CT molecular complexity index is 635. The van der Waals surface area contributed by atoms with Crippen LogP contribution in [0.3, 0.4) is 0 Å². The Morgan fingerprint density at radius 2 is 1.85 bits per heavy atom. The Labute approximate surface area is 123 Å². The summed E-state index contributed by atoms with van der Waals surface area (Å²) in [5, 5.41) is 0. The summed E-state index contributed by atoms with van der Waals surface area (Å²) in [5.74, 6) is 0.462. The maximum Gasteiger partial charge on any atom is 0.125 e. The zero-order valence-corrected chi connectivity index (χ0v) is 12.3. The summed E-state index contributed by atoms with van der Waals surface area (Å²) in [6.45, 7) is 4.24. The number of aryl methyl sites for hydroxylation is 2. The molecule has 2 rings (SSSR count). The van der Waals surface area contributed by atoms with Crippen LogP contribution in [-0.2, 0) is 6.61 Å². The molecule has 0 saturated carbocycles. The normalized spacial score (nSPS) is 10.3. The van der Waals surface area contributed by atoms with Crippen molar-refractivity contribution >= 4 is 17.2 Å². The molecule has 0 heterocycles. The molecule has 2 N–H and O–H groups in total. The van der Waals surface area contributed by atoms with Crippen LogP contribution in [0.4, 0.5) is 4.39 Å². The van der Waals surface area contributed by atoms with Gasteiger partial charge in [-0.25, -0.2) is 4.39 Å². The van der Waals surface area contributed by atoms with Gasteiger partial charge in [-0.2, -0.15) is 0 Å². The van der Waals surface area contributed by atoms with Crippen LogP contribution in [0, 0.1) is 19.7 Å². The lowest BCUT2D eigenvalue weighted by Gasteiger charge is -2.12. The van der Waals surface area contributed by atoms with Gasteiger partial charge in [0.25, 0.3) is 0 Å². The fraction of sp³-hybridized carbons (Fsp3) is 0.188. The molecule has 0 unspecified atom stereocenters. The van der Waals surface area contributed by atoms with E-state index in [9.17, 15) is 4.39 Å². The van der Waals surface area contributed by atoms with Crippen LogP contribution in [0.2, 0.25) is 0 Å². The quantitative estimate of drug-likeness (QED) is 0.873. The first kappa shape index (κ1) is 14.5. The van der Waals surface area contributed by atoms with Crippen molar-refractivity contribution < 1.29 is 9.13 Å². The van der Waals surface area contributed by atoms with Crippen molar-refractivity contribution in [3.05, 3.63) is 64.5 Å². The minimum Gasteiger partial charge on any atom is -0.488 e. The fourth-order valence-electron chi connectivity index (χ4n) is 2.06. The van der Waals surface area contributed by atoms with E-state index in [-0.39, 0.29) is 17.4 Å². The Hall–Kier alpha value is -1.94. The first-order valence-electron chi connectivity index (χ1n) is 6.25. The van der Waals surface area contributed by atoms with E-state index in [2.05, 4.69) is 0 Å². The zero-order chi connectivity index (χ0) is 14.7. The molecule has 0 atom stereocenters. The van der Waals surface area contributed by atoms with E-state index in [0.717, 1.165) is 16.9 Å². The summed E-state index contributed by atoms with van der Waals surface area (Å²) >= 11 is 4.87. The molecule has 2 nitrogen and oxygen atoms in total. The van der Waals surface area contributed by atoms with Gasteiger partial charge in [0, 0.05) is 5.56 Å². The summed E-state index contributed by atoms with van der Waals surface area (Å²) in [6, 6.07) is 10.4. The van der Waals surface area contributed by atoms with Gasteiger partial charge >= 0.3 is 0 Å². The molecule has 0 aliphatic carbocycles. The SMILES string of the molecule is Cc1cccc(C)c1OCc1cc(F)cc(C(N)=S)c1. The fourth-order valence-corrected chi connectivity index (χ4v) is 2.18. The molecule has 0 spiro atoms. The molecule has 0 bridgehead atoms. The molecule has 0 fully saturated rings. The number of benzene rings is 2. The van der Waals surface area contributed by atoms with Crippen molar-refractivity contribution in [2.75, 3.05) is 0 Å². The Balaban J connectivity index is 2.21. The Kier molecular flexibility index (Phi) is 4.35. The molecule has 2 aromatic carbocycles. The highest BCUT2D eigenvalue weighted by atomic mass is 32.1. The van der Waals surface area contributed by atoms with Crippen LogP contribution in [0.5, 0.6) is 5.75 Å². The molecule has 2 aromatic rings. The van der Waals surface area contributed by atoms with Crippen molar-refractivity contribution in [2.24, 2.45) is 5.73 Å². The van der Waals surface area contributed by atoms with Crippen molar-refractivity contribution in [3.8, 4) is 5.75 Å². The second-order valence-corrected chi connectivity index (χ2v) is 5.16. The molecule has 0 radical (unpaired) electrons. The van der Waals surface area contributed by atoms with Gasteiger partial charge < -0.3 is 10.5 Å². The summed E-state index contributed by atoms with van der Waals surface area (Å²) in [4.78, 5) is 0.179. The molecular weight excluding hydrogens is 273 g/mol. The van der Waals surface area contributed by atoms with E-state index in [4.69, 9.17) is 22.7 Å². The Morgan fingerprint density at radius 1 is 1.20 bits per heavy atom. The first-order valence-corrected chi connectivity index (χ1v) is 6.66. The summed E-state index contributed by atoms with van der Waals surface area (Å²) < 4.78 is 19.3. The first-order chi connectivity index (χ1) is 9.47. The van der Waals surface area contributed by atoms with E-state index in [1.54, 1.807) is 6.07 Å². The van der Waals surface area contributed by atoms with Crippen LogP contribution in [-0.4, -0.2) is 4.99 Å². The van der Waals surface area contributed by atoms with Gasteiger partial charge in [0.15, 0.2) is 0 Å². The third-order valence-electron chi connectivity index (χ3n) is 3.03. The molecule has 0 aliphatic heterocycles.